The predicted molar refractivity (Wildman–Crippen MR) is 87.5 cm³/mol. The summed E-state index contributed by atoms with van der Waals surface area (Å²) in [7, 11) is 0. The van der Waals surface area contributed by atoms with Crippen molar-refractivity contribution in [3.05, 3.63) is 47.0 Å². The Hall–Kier alpha value is -1.52. The second-order valence-electron chi connectivity index (χ2n) is 4.80. The normalized spacial score (nSPS) is 13.8. The molecular formula is C16H16ClNO2S. The van der Waals surface area contributed by atoms with E-state index in [0.29, 0.717) is 23.9 Å². The van der Waals surface area contributed by atoms with Gasteiger partial charge in [0.15, 0.2) is 11.5 Å². The standard InChI is InChI=1S/C16H16ClNO2S/c17-13-4-2-11(8-14(13)18)10-21-12-3-5-15-16(9-12)20-7-1-6-19-15/h2-5,8-9H,1,6-7,10,18H2. The number of nitrogens with two attached hydrogens (primary N) is 1. The van der Waals surface area contributed by atoms with Gasteiger partial charge in [-0.3, -0.25) is 0 Å². The third-order valence-electron chi connectivity index (χ3n) is 3.18. The van der Waals surface area contributed by atoms with Crippen molar-refractivity contribution in [3.8, 4) is 11.5 Å². The lowest BCUT2D eigenvalue weighted by Gasteiger charge is -2.09. The van der Waals surface area contributed by atoms with Gasteiger partial charge in [0.05, 0.1) is 23.9 Å². The van der Waals surface area contributed by atoms with Gasteiger partial charge in [0.25, 0.3) is 0 Å². The molecule has 1 aliphatic rings. The van der Waals surface area contributed by atoms with Crippen LogP contribution in [0.3, 0.4) is 0 Å². The van der Waals surface area contributed by atoms with Crippen LogP contribution in [0.4, 0.5) is 5.69 Å². The van der Waals surface area contributed by atoms with Gasteiger partial charge < -0.3 is 15.2 Å². The molecular weight excluding hydrogens is 306 g/mol. The van der Waals surface area contributed by atoms with Gasteiger partial charge in [-0.1, -0.05) is 17.7 Å². The highest BCUT2D eigenvalue weighted by atomic mass is 35.5. The van der Waals surface area contributed by atoms with E-state index in [-0.39, 0.29) is 0 Å². The highest BCUT2D eigenvalue weighted by Crippen LogP contribution is 2.35. The quantitative estimate of drug-likeness (QED) is 0.673. The molecule has 21 heavy (non-hydrogen) atoms. The van der Waals surface area contributed by atoms with Gasteiger partial charge in [0.2, 0.25) is 0 Å². The fourth-order valence-electron chi connectivity index (χ4n) is 2.08. The monoisotopic (exact) mass is 321 g/mol. The summed E-state index contributed by atoms with van der Waals surface area (Å²) in [6.45, 7) is 1.42. The molecule has 2 N–H and O–H groups in total. The SMILES string of the molecule is Nc1cc(CSc2ccc3c(c2)OCCCO3)ccc1Cl. The minimum atomic E-state index is 0.597. The summed E-state index contributed by atoms with van der Waals surface area (Å²) in [5.41, 5.74) is 7.59. The van der Waals surface area contributed by atoms with Gasteiger partial charge >= 0.3 is 0 Å². The third kappa shape index (κ3) is 3.57. The van der Waals surface area contributed by atoms with Crippen LogP contribution in [0.1, 0.15) is 12.0 Å². The van der Waals surface area contributed by atoms with E-state index in [1.807, 2.05) is 30.3 Å². The van der Waals surface area contributed by atoms with E-state index in [4.69, 9.17) is 26.8 Å². The summed E-state index contributed by atoms with van der Waals surface area (Å²) in [4.78, 5) is 1.15. The Bertz CT molecular complexity index is 648. The Labute approximate surface area is 133 Å². The molecule has 0 aliphatic carbocycles. The van der Waals surface area contributed by atoms with Gasteiger partial charge in [0, 0.05) is 17.1 Å². The number of ether oxygens (including phenoxy) is 2. The van der Waals surface area contributed by atoms with Crippen LogP contribution >= 0.6 is 23.4 Å². The fraction of sp³-hybridized carbons (Fsp3) is 0.250. The second-order valence-corrected chi connectivity index (χ2v) is 6.26. The molecule has 2 aromatic carbocycles. The van der Waals surface area contributed by atoms with Crippen LogP contribution in [0.2, 0.25) is 5.02 Å². The van der Waals surface area contributed by atoms with E-state index in [1.54, 1.807) is 11.8 Å². The summed E-state index contributed by atoms with van der Waals surface area (Å²) in [5.74, 6) is 2.49. The number of nitrogen functional groups attached to an aromatic ring is 1. The average molecular weight is 322 g/mol. The Kier molecular flexibility index (Phi) is 4.46. The molecule has 0 radical (unpaired) electrons. The molecule has 0 bridgehead atoms. The van der Waals surface area contributed by atoms with E-state index in [1.165, 1.54) is 0 Å². The fourth-order valence-corrected chi connectivity index (χ4v) is 3.07. The number of hydrogen-bond donors (Lipinski definition) is 1. The number of fused-ring (bicyclic) bond motifs is 1. The molecule has 0 saturated carbocycles. The zero-order valence-corrected chi connectivity index (χ0v) is 13.0. The van der Waals surface area contributed by atoms with Crippen LogP contribution in [0.5, 0.6) is 11.5 Å². The molecule has 1 heterocycles. The summed E-state index contributed by atoms with van der Waals surface area (Å²) < 4.78 is 11.3. The number of thioether (sulfide) groups is 1. The van der Waals surface area contributed by atoms with E-state index < -0.39 is 0 Å². The highest BCUT2D eigenvalue weighted by molar-refractivity contribution is 7.98. The summed E-state index contributed by atoms with van der Waals surface area (Å²) in [6.07, 6.45) is 0.918. The van der Waals surface area contributed by atoms with Gasteiger partial charge in [-0.05, 0) is 35.9 Å². The molecule has 1 aliphatic heterocycles. The zero-order chi connectivity index (χ0) is 14.7. The molecule has 0 amide bonds. The van der Waals surface area contributed by atoms with Crippen molar-refractivity contribution in [1.29, 1.82) is 0 Å². The molecule has 3 rings (SSSR count). The third-order valence-corrected chi connectivity index (χ3v) is 4.59. The van der Waals surface area contributed by atoms with Crippen LogP contribution in [-0.4, -0.2) is 13.2 Å². The number of benzene rings is 2. The van der Waals surface area contributed by atoms with Gasteiger partial charge in [-0.25, -0.2) is 0 Å². The summed E-state index contributed by atoms with van der Waals surface area (Å²) >= 11 is 7.66. The predicted octanol–water partition coefficient (Wildman–Crippen LogP) is 4.38. The number of rotatable bonds is 3. The van der Waals surface area contributed by atoms with Gasteiger partial charge in [-0.15, -0.1) is 11.8 Å². The maximum atomic E-state index is 5.93. The van der Waals surface area contributed by atoms with Crippen molar-refractivity contribution >= 4 is 29.1 Å². The number of hydrogen-bond acceptors (Lipinski definition) is 4. The second kappa shape index (κ2) is 6.50. The van der Waals surface area contributed by atoms with Gasteiger partial charge in [-0.2, -0.15) is 0 Å². The van der Waals surface area contributed by atoms with E-state index in [9.17, 15) is 0 Å². The molecule has 2 aromatic rings. The lowest BCUT2D eigenvalue weighted by atomic mass is 10.2. The van der Waals surface area contributed by atoms with Crippen molar-refractivity contribution in [2.75, 3.05) is 18.9 Å². The maximum Gasteiger partial charge on any atom is 0.162 e. The number of anilines is 1. The molecule has 110 valence electrons. The first kappa shape index (κ1) is 14.4. The van der Waals surface area contributed by atoms with Gasteiger partial charge in [0.1, 0.15) is 0 Å². The van der Waals surface area contributed by atoms with Crippen molar-refractivity contribution in [3.63, 3.8) is 0 Å². The van der Waals surface area contributed by atoms with Crippen molar-refractivity contribution in [1.82, 2.24) is 0 Å². The van der Waals surface area contributed by atoms with E-state index >= 15 is 0 Å². The highest BCUT2D eigenvalue weighted by Gasteiger charge is 2.11. The molecule has 5 heteroatoms. The van der Waals surface area contributed by atoms with Crippen molar-refractivity contribution in [2.24, 2.45) is 0 Å². The lowest BCUT2D eigenvalue weighted by Crippen LogP contribution is -1.97. The van der Waals surface area contributed by atoms with Crippen LogP contribution < -0.4 is 15.2 Å². The smallest absolute Gasteiger partial charge is 0.162 e. The molecule has 0 atom stereocenters. The first-order valence-corrected chi connectivity index (χ1v) is 8.15. The summed E-state index contributed by atoms with van der Waals surface area (Å²) in [5, 5.41) is 0.597. The average Bonchev–Trinajstić information content (AvgIpc) is 2.73. The lowest BCUT2D eigenvalue weighted by molar-refractivity contribution is 0.297. The molecule has 0 saturated heterocycles. The van der Waals surface area contributed by atoms with Crippen LogP contribution in [0.15, 0.2) is 41.3 Å². The molecule has 0 spiro atoms. The van der Waals surface area contributed by atoms with Crippen LogP contribution in [0.25, 0.3) is 0 Å². The Morgan fingerprint density at radius 1 is 1.05 bits per heavy atom. The van der Waals surface area contributed by atoms with Crippen LogP contribution in [-0.2, 0) is 5.75 Å². The van der Waals surface area contributed by atoms with E-state index in [2.05, 4.69) is 6.07 Å². The Morgan fingerprint density at radius 2 is 1.86 bits per heavy atom. The zero-order valence-electron chi connectivity index (χ0n) is 11.5. The summed E-state index contributed by atoms with van der Waals surface area (Å²) in [6, 6.07) is 11.8. The molecule has 0 fully saturated rings. The van der Waals surface area contributed by atoms with Crippen molar-refractivity contribution in [2.45, 2.75) is 17.1 Å². The minimum Gasteiger partial charge on any atom is -0.490 e. The Balaban J connectivity index is 1.70. The maximum absolute atomic E-state index is 5.93. The minimum absolute atomic E-state index is 0.597. The first-order valence-electron chi connectivity index (χ1n) is 6.79. The molecule has 0 unspecified atom stereocenters. The van der Waals surface area contributed by atoms with Crippen LogP contribution in [0, 0.1) is 0 Å². The van der Waals surface area contributed by atoms with E-state index in [0.717, 1.165) is 34.1 Å². The number of halogens is 1. The van der Waals surface area contributed by atoms with Crippen molar-refractivity contribution < 1.29 is 9.47 Å². The first-order chi connectivity index (χ1) is 10.2. The molecule has 3 nitrogen and oxygen atoms in total. The largest absolute Gasteiger partial charge is 0.490 e. The topological polar surface area (TPSA) is 44.5 Å². The Morgan fingerprint density at radius 3 is 2.67 bits per heavy atom. The molecule has 0 aromatic heterocycles.